The van der Waals surface area contributed by atoms with E-state index in [1.807, 2.05) is 11.8 Å². The van der Waals surface area contributed by atoms with E-state index < -0.39 is 0 Å². The Morgan fingerprint density at radius 1 is 1.44 bits per heavy atom. The fraction of sp³-hybridized carbons (Fsp3) is 0.571. The van der Waals surface area contributed by atoms with Crippen LogP contribution in [0.1, 0.15) is 23.6 Å². The maximum atomic E-state index is 6.33. The third-order valence-corrected chi connectivity index (χ3v) is 4.88. The SMILES string of the molecule is NC(c1ccc2c(c1)CCCS2)C1CNCCO1. The van der Waals surface area contributed by atoms with Gasteiger partial charge in [0, 0.05) is 18.0 Å². The van der Waals surface area contributed by atoms with E-state index in [1.165, 1.54) is 34.6 Å². The number of thioether (sulfide) groups is 1. The van der Waals surface area contributed by atoms with Gasteiger partial charge < -0.3 is 15.8 Å². The lowest BCUT2D eigenvalue weighted by molar-refractivity contribution is 0.0122. The van der Waals surface area contributed by atoms with Gasteiger partial charge in [0.05, 0.1) is 18.8 Å². The Bertz CT molecular complexity index is 418. The standard InChI is InChI=1S/C14H20N2OS/c15-14(12-9-16-5-6-17-12)11-3-4-13-10(8-11)2-1-7-18-13/h3-4,8,12,14,16H,1-2,5-7,9,15H2. The summed E-state index contributed by atoms with van der Waals surface area (Å²) >= 11 is 1.96. The van der Waals surface area contributed by atoms with Gasteiger partial charge in [0.25, 0.3) is 0 Å². The molecule has 2 atom stereocenters. The molecule has 98 valence electrons. The van der Waals surface area contributed by atoms with Crippen LogP contribution in [0.25, 0.3) is 0 Å². The number of ether oxygens (including phenoxy) is 1. The Kier molecular flexibility index (Phi) is 3.89. The Labute approximate surface area is 112 Å². The molecule has 1 saturated heterocycles. The topological polar surface area (TPSA) is 47.3 Å². The summed E-state index contributed by atoms with van der Waals surface area (Å²) in [6, 6.07) is 6.66. The van der Waals surface area contributed by atoms with Gasteiger partial charge in [0.1, 0.15) is 0 Å². The molecule has 4 heteroatoms. The highest BCUT2D eigenvalue weighted by atomic mass is 32.2. The van der Waals surface area contributed by atoms with E-state index in [0.29, 0.717) is 0 Å². The van der Waals surface area contributed by atoms with Crippen molar-refractivity contribution in [2.24, 2.45) is 5.73 Å². The summed E-state index contributed by atoms with van der Waals surface area (Å²) in [5.74, 6) is 1.24. The molecule has 0 radical (unpaired) electrons. The zero-order valence-corrected chi connectivity index (χ0v) is 11.3. The molecule has 2 aliphatic rings. The second kappa shape index (κ2) is 5.61. The molecule has 0 aliphatic carbocycles. The Hall–Kier alpha value is -0.550. The van der Waals surface area contributed by atoms with Gasteiger partial charge in [-0.25, -0.2) is 0 Å². The van der Waals surface area contributed by atoms with E-state index in [0.717, 1.165) is 19.7 Å². The first-order valence-corrected chi connectivity index (χ1v) is 7.67. The van der Waals surface area contributed by atoms with Gasteiger partial charge in [-0.05, 0) is 35.8 Å². The smallest absolute Gasteiger partial charge is 0.0892 e. The first-order valence-electron chi connectivity index (χ1n) is 6.68. The number of fused-ring (bicyclic) bond motifs is 1. The van der Waals surface area contributed by atoms with Gasteiger partial charge in [0.2, 0.25) is 0 Å². The van der Waals surface area contributed by atoms with Crippen molar-refractivity contribution < 1.29 is 4.74 Å². The second-order valence-corrected chi connectivity index (χ2v) is 6.10. The molecule has 2 unspecified atom stereocenters. The average molecular weight is 264 g/mol. The van der Waals surface area contributed by atoms with Gasteiger partial charge in [-0.2, -0.15) is 0 Å². The minimum absolute atomic E-state index is 0.0185. The van der Waals surface area contributed by atoms with Crippen molar-refractivity contribution in [3.05, 3.63) is 29.3 Å². The Morgan fingerprint density at radius 2 is 2.39 bits per heavy atom. The summed E-state index contributed by atoms with van der Waals surface area (Å²) in [4.78, 5) is 1.43. The molecule has 0 spiro atoms. The Morgan fingerprint density at radius 3 is 3.22 bits per heavy atom. The summed E-state index contributed by atoms with van der Waals surface area (Å²) in [6.07, 6.45) is 2.57. The van der Waals surface area contributed by atoms with Crippen LogP contribution >= 0.6 is 11.8 Å². The van der Waals surface area contributed by atoms with Crippen LogP contribution in [0.5, 0.6) is 0 Å². The second-order valence-electron chi connectivity index (χ2n) is 4.96. The van der Waals surface area contributed by atoms with Crippen LogP contribution in [-0.4, -0.2) is 31.6 Å². The van der Waals surface area contributed by atoms with Crippen molar-refractivity contribution in [2.45, 2.75) is 29.9 Å². The highest BCUT2D eigenvalue weighted by Gasteiger charge is 2.23. The molecule has 3 N–H and O–H groups in total. The lowest BCUT2D eigenvalue weighted by atomic mass is 9.98. The lowest BCUT2D eigenvalue weighted by Crippen LogP contribution is -2.44. The molecule has 0 bridgehead atoms. The number of nitrogens with two attached hydrogens (primary N) is 1. The summed E-state index contributed by atoms with van der Waals surface area (Å²) < 4.78 is 5.75. The van der Waals surface area contributed by atoms with Crippen LogP contribution in [0.4, 0.5) is 0 Å². The summed E-state index contributed by atoms with van der Waals surface area (Å²) in [5.41, 5.74) is 9.01. The minimum atomic E-state index is -0.0185. The molecule has 0 amide bonds. The number of benzene rings is 1. The van der Waals surface area contributed by atoms with Crippen LogP contribution in [0.15, 0.2) is 23.1 Å². The van der Waals surface area contributed by atoms with E-state index in [1.54, 1.807) is 0 Å². The van der Waals surface area contributed by atoms with Crippen LogP contribution in [0.3, 0.4) is 0 Å². The fourth-order valence-electron chi connectivity index (χ4n) is 2.62. The normalized spacial score (nSPS) is 25.5. The van der Waals surface area contributed by atoms with Crippen LogP contribution < -0.4 is 11.1 Å². The van der Waals surface area contributed by atoms with Gasteiger partial charge in [-0.15, -0.1) is 11.8 Å². The molecule has 2 heterocycles. The van der Waals surface area contributed by atoms with Crippen LogP contribution in [-0.2, 0) is 11.2 Å². The maximum Gasteiger partial charge on any atom is 0.0892 e. The zero-order valence-electron chi connectivity index (χ0n) is 10.5. The number of nitrogens with one attached hydrogen (secondary N) is 1. The van der Waals surface area contributed by atoms with E-state index in [2.05, 4.69) is 23.5 Å². The lowest BCUT2D eigenvalue weighted by Gasteiger charge is -2.29. The van der Waals surface area contributed by atoms with Gasteiger partial charge >= 0.3 is 0 Å². The molecule has 18 heavy (non-hydrogen) atoms. The zero-order chi connectivity index (χ0) is 12.4. The fourth-order valence-corrected chi connectivity index (χ4v) is 3.64. The van der Waals surface area contributed by atoms with E-state index in [4.69, 9.17) is 10.5 Å². The molecule has 1 aromatic carbocycles. The van der Waals surface area contributed by atoms with Crippen LogP contribution in [0.2, 0.25) is 0 Å². The van der Waals surface area contributed by atoms with Gasteiger partial charge in [-0.3, -0.25) is 0 Å². The molecular formula is C14H20N2OS. The average Bonchev–Trinajstić information content (AvgIpc) is 2.47. The molecule has 1 fully saturated rings. The van der Waals surface area contributed by atoms with E-state index >= 15 is 0 Å². The summed E-state index contributed by atoms with van der Waals surface area (Å²) in [5, 5.41) is 3.34. The number of morpholine rings is 1. The van der Waals surface area contributed by atoms with E-state index in [9.17, 15) is 0 Å². The molecule has 2 aliphatic heterocycles. The van der Waals surface area contributed by atoms with Crippen molar-refractivity contribution in [1.82, 2.24) is 5.32 Å². The van der Waals surface area contributed by atoms with Gasteiger partial charge in [-0.1, -0.05) is 12.1 Å². The van der Waals surface area contributed by atoms with Crippen molar-refractivity contribution in [3.8, 4) is 0 Å². The molecule has 0 saturated carbocycles. The van der Waals surface area contributed by atoms with Crippen molar-refractivity contribution in [3.63, 3.8) is 0 Å². The Balaban J connectivity index is 1.78. The maximum absolute atomic E-state index is 6.33. The number of aryl methyl sites for hydroxylation is 1. The van der Waals surface area contributed by atoms with E-state index in [-0.39, 0.29) is 12.1 Å². The summed E-state index contributed by atoms with van der Waals surface area (Å²) in [6.45, 7) is 2.55. The van der Waals surface area contributed by atoms with Crippen molar-refractivity contribution >= 4 is 11.8 Å². The molecular weight excluding hydrogens is 244 g/mol. The van der Waals surface area contributed by atoms with Crippen molar-refractivity contribution in [2.75, 3.05) is 25.4 Å². The number of hydrogen-bond donors (Lipinski definition) is 2. The highest BCUT2D eigenvalue weighted by Crippen LogP contribution is 2.32. The third-order valence-electron chi connectivity index (χ3n) is 3.67. The minimum Gasteiger partial charge on any atom is -0.374 e. The van der Waals surface area contributed by atoms with Gasteiger partial charge in [0.15, 0.2) is 0 Å². The monoisotopic (exact) mass is 264 g/mol. The molecule has 3 nitrogen and oxygen atoms in total. The quantitative estimate of drug-likeness (QED) is 0.854. The molecule has 3 rings (SSSR count). The predicted octanol–water partition coefficient (Wildman–Crippen LogP) is 1.71. The summed E-state index contributed by atoms with van der Waals surface area (Å²) in [7, 11) is 0. The highest BCUT2D eigenvalue weighted by molar-refractivity contribution is 7.99. The van der Waals surface area contributed by atoms with Crippen LogP contribution in [0, 0.1) is 0 Å². The number of hydrogen-bond acceptors (Lipinski definition) is 4. The van der Waals surface area contributed by atoms with Crippen molar-refractivity contribution in [1.29, 1.82) is 0 Å². The largest absolute Gasteiger partial charge is 0.374 e. The third kappa shape index (κ3) is 2.57. The predicted molar refractivity (Wildman–Crippen MR) is 75.0 cm³/mol. The number of rotatable bonds is 2. The molecule has 1 aromatic rings. The first kappa shape index (κ1) is 12.5. The molecule has 0 aromatic heterocycles. The first-order chi connectivity index (χ1) is 8.84.